The molecule has 0 atom stereocenters. The molecule has 0 aliphatic heterocycles. The number of nitrogens with zero attached hydrogens (tertiary/aromatic N) is 5. The van der Waals surface area contributed by atoms with Crippen molar-refractivity contribution in [2.75, 3.05) is 0 Å². The number of fused-ring (bicyclic) bond motifs is 10. The lowest BCUT2D eigenvalue weighted by molar-refractivity contribution is 0.660. The zero-order valence-corrected chi connectivity index (χ0v) is 35.9. The van der Waals surface area contributed by atoms with Gasteiger partial charge in [-0.05, 0) is 74.8 Å². The van der Waals surface area contributed by atoms with Gasteiger partial charge in [0, 0.05) is 43.8 Å². The van der Waals surface area contributed by atoms with Crippen LogP contribution in [0.4, 0.5) is 0 Å². The molecule has 0 fully saturated rings. The Hall–Kier alpha value is -8.41. The summed E-state index contributed by atoms with van der Waals surface area (Å²) in [4.78, 5) is 16.3. The second kappa shape index (κ2) is 14.3. The molecular weight excluding hydrogens is 791 g/mol. The van der Waals surface area contributed by atoms with Gasteiger partial charge in [0.15, 0.2) is 11.6 Å². The second-order valence-corrected chi connectivity index (χ2v) is 17.6. The van der Waals surface area contributed by atoms with E-state index in [1.165, 1.54) is 33.2 Å². The van der Waals surface area contributed by atoms with Crippen LogP contribution < -0.4 is 0 Å². The molecule has 0 amide bonds. The van der Waals surface area contributed by atoms with Crippen molar-refractivity contribution in [3.63, 3.8) is 0 Å². The summed E-state index contributed by atoms with van der Waals surface area (Å²) in [6.07, 6.45) is 0. The fourth-order valence-corrected chi connectivity index (χ4v) is 10.4. The average molecular weight is 832 g/mol. The Balaban J connectivity index is 1.10. The summed E-state index contributed by atoms with van der Waals surface area (Å²) in [5, 5.41) is 4.61. The topological polar surface area (TPSA) is 48.5 Å². The number of para-hydroxylation sites is 2. The van der Waals surface area contributed by atoms with Crippen LogP contribution in [0.3, 0.4) is 0 Å². The van der Waals surface area contributed by atoms with Crippen LogP contribution in [0.15, 0.2) is 212 Å². The van der Waals surface area contributed by atoms with Crippen molar-refractivity contribution in [2.45, 2.75) is 19.3 Å². The standard InChI is InChI=1S/C60H41N5/c1-60(2)51-25-12-9-22-45(51)46-33-32-43(37-52(46)60)58-61-57(41-30-28-40(29-31-41)38-16-5-3-6-17-38)62-59(63-58)65-54-27-14-11-24-48(54)50-35-34-49-47-23-10-13-26-53(47)64(55(49)56(50)65)44-21-15-20-42(36-44)39-18-7-4-8-19-39/h3-37H,1-2H3. The lowest BCUT2D eigenvalue weighted by Crippen LogP contribution is -2.15. The lowest BCUT2D eigenvalue weighted by atomic mass is 9.82. The molecule has 5 heteroatoms. The van der Waals surface area contributed by atoms with Gasteiger partial charge >= 0.3 is 0 Å². The summed E-state index contributed by atoms with van der Waals surface area (Å²) in [5.74, 6) is 1.80. The van der Waals surface area contributed by atoms with Crippen LogP contribution in [0.5, 0.6) is 0 Å². The summed E-state index contributed by atoms with van der Waals surface area (Å²) in [5.41, 5.74) is 16.9. The molecule has 65 heavy (non-hydrogen) atoms. The highest BCUT2D eigenvalue weighted by molar-refractivity contribution is 6.23. The molecular formula is C60H41N5. The molecule has 1 aliphatic carbocycles. The first-order valence-electron chi connectivity index (χ1n) is 22.3. The molecule has 5 nitrogen and oxygen atoms in total. The minimum atomic E-state index is -0.183. The van der Waals surface area contributed by atoms with Crippen molar-refractivity contribution >= 4 is 43.6 Å². The van der Waals surface area contributed by atoms with E-state index >= 15 is 0 Å². The molecule has 0 spiro atoms. The van der Waals surface area contributed by atoms with E-state index in [0.29, 0.717) is 17.6 Å². The summed E-state index contributed by atoms with van der Waals surface area (Å²) in [6.45, 7) is 4.63. The predicted octanol–water partition coefficient (Wildman–Crippen LogP) is 15.0. The van der Waals surface area contributed by atoms with E-state index in [4.69, 9.17) is 15.0 Å². The molecule has 0 bridgehead atoms. The fraction of sp³-hybridized carbons (Fsp3) is 0.0500. The summed E-state index contributed by atoms with van der Waals surface area (Å²) < 4.78 is 4.71. The van der Waals surface area contributed by atoms with Crippen molar-refractivity contribution < 1.29 is 0 Å². The Kier molecular flexibility index (Phi) is 8.18. The van der Waals surface area contributed by atoms with E-state index in [0.717, 1.165) is 71.7 Å². The Labute approximate surface area is 376 Å². The number of aromatic nitrogens is 5. The third kappa shape index (κ3) is 5.75. The number of hydrogen-bond acceptors (Lipinski definition) is 3. The second-order valence-electron chi connectivity index (χ2n) is 17.6. The van der Waals surface area contributed by atoms with Crippen LogP contribution in [0.25, 0.3) is 111 Å². The van der Waals surface area contributed by atoms with Crippen molar-refractivity contribution in [1.82, 2.24) is 24.1 Å². The summed E-state index contributed by atoms with van der Waals surface area (Å²) in [7, 11) is 0. The number of benzene rings is 9. The van der Waals surface area contributed by atoms with Gasteiger partial charge in [-0.3, -0.25) is 4.57 Å². The van der Waals surface area contributed by atoms with Gasteiger partial charge in [-0.2, -0.15) is 9.97 Å². The van der Waals surface area contributed by atoms with Crippen LogP contribution >= 0.6 is 0 Å². The SMILES string of the molecule is CC1(C)c2ccccc2-c2ccc(-c3nc(-c4ccc(-c5ccccc5)cc4)nc(-n4c5ccccc5c5ccc6c7ccccc7n(-c7cccc(-c8ccccc8)c7)c6c54)n3)cc21. The van der Waals surface area contributed by atoms with Gasteiger partial charge in [-0.25, -0.2) is 4.98 Å². The van der Waals surface area contributed by atoms with Gasteiger partial charge in [-0.15, -0.1) is 0 Å². The quantitative estimate of drug-likeness (QED) is 0.168. The Bertz CT molecular complexity index is 3840. The van der Waals surface area contributed by atoms with Gasteiger partial charge in [0.05, 0.1) is 22.1 Å². The highest BCUT2D eigenvalue weighted by atomic mass is 15.2. The van der Waals surface area contributed by atoms with E-state index in [1.54, 1.807) is 0 Å². The Morgan fingerprint density at radius 3 is 1.55 bits per heavy atom. The zero-order valence-electron chi connectivity index (χ0n) is 35.9. The molecule has 0 unspecified atom stereocenters. The molecule has 1 aliphatic rings. The maximum absolute atomic E-state index is 5.51. The van der Waals surface area contributed by atoms with Crippen molar-refractivity contribution in [3.05, 3.63) is 223 Å². The largest absolute Gasteiger partial charge is 0.307 e. The number of rotatable bonds is 6. The normalized spacial score (nSPS) is 12.9. The fourth-order valence-electron chi connectivity index (χ4n) is 10.4. The third-order valence-corrected chi connectivity index (χ3v) is 13.6. The van der Waals surface area contributed by atoms with E-state index in [1.807, 2.05) is 6.07 Å². The van der Waals surface area contributed by atoms with E-state index < -0.39 is 0 Å². The molecule has 13 rings (SSSR count). The smallest absolute Gasteiger partial charge is 0.238 e. The van der Waals surface area contributed by atoms with Crippen molar-refractivity contribution in [2.24, 2.45) is 0 Å². The first kappa shape index (κ1) is 37.2. The van der Waals surface area contributed by atoms with Crippen LogP contribution in [-0.4, -0.2) is 24.1 Å². The Morgan fingerprint density at radius 2 is 0.846 bits per heavy atom. The lowest BCUT2D eigenvalue weighted by Gasteiger charge is -2.21. The van der Waals surface area contributed by atoms with Gasteiger partial charge in [0.25, 0.3) is 0 Å². The summed E-state index contributed by atoms with van der Waals surface area (Å²) >= 11 is 0. The van der Waals surface area contributed by atoms with E-state index in [9.17, 15) is 0 Å². The minimum Gasteiger partial charge on any atom is -0.307 e. The molecule has 3 heterocycles. The Morgan fingerprint density at radius 1 is 0.338 bits per heavy atom. The number of hydrogen-bond donors (Lipinski definition) is 0. The minimum absolute atomic E-state index is 0.183. The first-order valence-corrected chi connectivity index (χ1v) is 22.3. The maximum atomic E-state index is 5.51. The first-order chi connectivity index (χ1) is 32.0. The van der Waals surface area contributed by atoms with Gasteiger partial charge in [0.2, 0.25) is 5.95 Å². The summed E-state index contributed by atoms with van der Waals surface area (Å²) in [6, 6.07) is 76.0. The van der Waals surface area contributed by atoms with Crippen molar-refractivity contribution in [3.8, 4) is 67.8 Å². The van der Waals surface area contributed by atoms with Crippen LogP contribution in [-0.2, 0) is 5.41 Å². The zero-order chi connectivity index (χ0) is 43.2. The molecule has 3 aromatic heterocycles. The predicted molar refractivity (Wildman–Crippen MR) is 268 cm³/mol. The molecule has 0 saturated carbocycles. The molecule has 0 N–H and O–H groups in total. The molecule has 12 aromatic rings. The van der Waals surface area contributed by atoms with Crippen LogP contribution in [0.2, 0.25) is 0 Å². The molecule has 0 radical (unpaired) electrons. The maximum Gasteiger partial charge on any atom is 0.238 e. The highest BCUT2D eigenvalue weighted by Gasteiger charge is 2.35. The molecule has 9 aromatic carbocycles. The van der Waals surface area contributed by atoms with E-state index in [-0.39, 0.29) is 5.41 Å². The van der Waals surface area contributed by atoms with Crippen LogP contribution in [0.1, 0.15) is 25.0 Å². The molecule has 0 saturated heterocycles. The van der Waals surface area contributed by atoms with E-state index in [2.05, 4.69) is 229 Å². The van der Waals surface area contributed by atoms with Gasteiger partial charge in [0.1, 0.15) is 0 Å². The third-order valence-electron chi connectivity index (χ3n) is 13.6. The molecule has 306 valence electrons. The van der Waals surface area contributed by atoms with Crippen molar-refractivity contribution in [1.29, 1.82) is 0 Å². The van der Waals surface area contributed by atoms with Crippen LogP contribution in [0, 0.1) is 0 Å². The highest BCUT2D eigenvalue weighted by Crippen LogP contribution is 2.49. The monoisotopic (exact) mass is 831 g/mol. The average Bonchev–Trinajstić information content (AvgIpc) is 3.97. The van der Waals surface area contributed by atoms with Gasteiger partial charge in [-0.1, -0.05) is 196 Å². The van der Waals surface area contributed by atoms with Gasteiger partial charge < -0.3 is 4.57 Å².